The Labute approximate surface area is 150 Å². The molecule has 4 heteroatoms. The van der Waals surface area contributed by atoms with Crippen molar-refractivity contribution in [2.75, 3.05) is 5.73 Å². The second-order valence-corrected chi connectivity index (χ2v) is 6.22. The van der Waals surface area contributed by atoms with Gasteiger partial charge in [-0.15, -0.1) is 0 Å². The largest absolute Gasteiger partial charge is 0.485 e. The van der Waals surface area contributed by atoms with Crippen molar-refractivity contribution in [2.45, 2.75) is 13.2 Å². The van der Waals surface area contributed by atoms with Crippen LogP contribution in [0.2, 0.25) is 0 Å². The molecule has 0 amide bonds. The van der Waals surface area contributed by atoms with E-state index in [-0.39, 0.29) is 0 Å². The van der Waals surface area contributed by atoms with Crippen molar-refractivity contribution in [1.29, 1.82) is 0 Å². The maximum Gasteiger partial charge on any atom is 0.163 e. The highest BCUT2D eigenvalue weighted by Gasteiger charge is 2.10. The second kappa shape index (κ2) is 7.88. The molecule has 0 heterocycles. The molecular formula is C20H18BrNO2. The van der Waals surface area contributed by atoms with Crippen LogP contribution in [0.5, 0.6) is 11.5 Å². The Morgan fingerprint density at radius 2 is 1.17 bits per heavy atom. The minimum absolute atomic E-state index is 0.462. The van der Waals surface area contributed by atoms with Crippen LogP contribution in [0, 0.1) is 0 Å². The van der Waals surface area contributed by atoms with Crippen LogP contribution in [0.15, 0.2) is 77.3 Å². The van der Waals surface area contributed by atoms with Gasteiger partial charge in [0.25, 0.3) is 0 Å². The van der Waals surface area contributed by atoms with E-state index in [0.717, 1.165) is 15.6 Å². The lowest BCUT2D eigenvalue weighted by Crippen LogP contribution is -2.02. The van der Waals surface area contributed by atoms with E-state index in [1.807, 2.05) is 66.7 Å². The van der Waals surface area contributed by atoms with Gasteiger partial charge in [0, 0.05) is 22.3 Å². The molecule has 0 saturated carbocycles. The van der Waals surface area contributed by atoms with Crippen molar-refractivity contribution in [3.63, 3.8) is 0 Å². The molecule has 2 N–H and O–H groups in total. The first kappa shape index (κ1) is 16.4. The summed E-state index contributed by atoms with van der Waals surface area (Å²) >= 11 is 3.44. The first-order valence-electron chi connectivity index (χ1n) is 7.65. The van der Waals surface area contributed by atoms with E-state index in [0.29, 0.717) is 30.4 Å². The van der Waals surface area contributed by atoms with Crippen molar-refractivity contribution in [1.82, 2.24) is 0 Å². The lowest BCUT2D eigenvalue weighted by Gasteiger charge is -2.14. The van der Waals surface area contributed by atoms with Crippen LogP contribution in [-0.4, -0.2) is 0 Å². The molecule has 0 atom stereocenters. The summed E-state index contributed by atoms with van der Waals surface area (Å²) in [6, 6.07) is 23.6. The smallest absolute Gasteiger partial charge is 0.163 e. The average molecular weight is 384 g/mol. The summed E-state index contributed by atoms with van der Waals surface area (Å²) in [5.41, 5.74) is 8.79. The Kier molecular flexibility index (Phi) is 5.39. The normalized spacial score (nSPS) is 10.4. The Hall–Kier alpha value is -2.46. The Bertz CT molecular complexity index is 723. The number of hydrogen-bond donors (Lipinski definition) is 1. The summed E-state index contributed by atoms with van der Waals surface area (Å²) in [4.78, 5) is 0. The van der Waals surface area contributed by atoms with Gasteiger partial charge in [0.2, 0.25) is 0 Å². The van der Waals surface area contributed by atoms with Crippen molar-refractivity contribution in [3.05, 3.63) is 88.4 Å². The van der Waals surface area contributed by atoms with Crippen LogP contribution in [0.1, 0.15) is 11.1 Å². The molecule has 24 heavy (non-hydrogen) atoms. The molecule has 0 aliphatic heterocycles. The Morgan fingerprint density at radius 3 is 1.67 bits per heavy atom. The van der Waals surface area contributed by atoms with Gasteiger partial charge in [-0.2, -0.15) is 0 Å². The minimum atomic E-state index is 0.462. The van der Waals surface area contributed by atoms with E-state index in [4.69, 9.17) is 15.2 Å². The van der Waals surface area contributed by atoms with Gasteiger partial charge in [0.05, 0.1) is 0 Å². The van der Waals surface area contributed by atoms with Crippen LogP contribution in [0.4, 0.5) is 5.69 Å². The van der Waals surface area contributed by atoms with Gasteiger partial charge >= 0.3 is 0 Å². The lowest BCUT2D eigenvalue weighted by atomic mass is 10.2. The monoisotopic (exact) mass is 383 g/mol. The van der Waals surface area contributed by atoms with Gasteiger partial charge < -0.3 is 15.2 Å². The van der Waals surface area contributed by atoms with Gasteiger partial charge in [0.1, 0.15) is 13.2 Å². The Morgan fingerprint density at radius 1 is 0.708 bits per heavy atom. The molecule has 122 valence electrons. The predicted molar refractivity (Wildman–Crippen MR) is 100 cm³/mol. The van der Waals surface area contributed by atoms with Crippen LogP contribution in [0.3, 0.4) is 0 Å². The van der Waals surface area contributed by atoms with E-state index in [1.54, 1.807) is 6.07 Å². The SMILES string of the molecule is Nc1cc(OCc2ccccc2)c(OCc2ccccc2)cc1Br. The molecular weight excluding hydrogens is 366 g/mol. The van der Waals surface area contributed by atoms with Gasteiger partial charge in [-0.25, -0.2) is 0 Å². The molecule has 0 unspecified atom stereocenters. The fraction of sp³-hybridized carbons (Fsp3) is 0.100. The number of anilines is 1. The maximum absolute atomic E-state index is 5.98. The van der Waals surface area contributed by atoms with Crippen molar-refractivity contribution in [3.8, 4) is 11.5 Å². The highest BCUT2D eigenvalue weighted by atomic mass is 79.9. The molecule has 0 aliphatic carbocycles. The summed E-state index contributed by atoms with van der Waals surface area (Å²) in [6.07, 6.45) is 0. The topological polar surface area (TPSA) is 44.5 Å². The van der Waals surface area contributed by atoms with Crippen molar-refractivity contribution < 1.29 is 9.47 Å². The highest BCUT2D eigenvalue weighted by Crippen LogP contribution is 2.36. The second-order valence-electron chi connectivity index (χ2n) is 5.37. The number of hydrogen-bond acceptors (Lipinski definition) is 3. The first-order valence-corrected chi connectivity index (χ1v) is 8.44. The number of nitrogens with two attached hydrogens (primary N) is 1. The lowest BCUT2D eigenvalue weighted by molar-refractivity contribution is 0.256. The number of benzene rings is 3. The molecule has 3 aromatic carbocycles. The number of ether oxygens (including phenoxy) is 2. The van der Waals surface area contributed by atoms with E-state index >= 15 is 0 Å². The number of nitrogen functional groups attached to an aromatic ring is 1. The Balaban J connectivity index is 1.75. The van der Waals surface area contributed by atoms with Crippen LogP contribution in [0.25, 0.3) is 0 Å². The van der Waals surface area contributed by atoms with Crippen LogP contribution >= 0.6 is 15.9 Å². The molecule has 3 rings (SSSR count). The number of halogens is 1. The summed E-state index contributed by atoms with van der Waals surface area (Å²) in [5, 5.41) is 0. The van der Waals surface area contributed by atoms with Crippen molar-refractivity contribution >= 4 is 21.6 Å². The van der Waals surface area contributed by atoms with Gasteiger partial charge in [0.15, 0.2) is 11.5 Å². The molecule has 3 aromatic rings. The summed E-state index contributed by atoms with van der Waals surface area (Å²) < 4.78 is 12.6. The molecule has 0 aromatic heterocycles. The minimum Gasteiger partial charge on any atom is -0.485 e. The van der Waals surface area contributed by atoms with E-state index < -0.39 is 0 Å². The molecule has 0 spiro atoms. The molecule has 3 nitrogen and oxygen atoms in total. The molecule has 0 radical (unpaired) electrons. The zero-order chi connectivity index (χ0) is 16.8. The van der Waals surface area contributed by atoms with Crippen molar-refractivity contribution in [2.24, 2.45) is 0 Å². The third-order valence-corrected chi connectivity index (χ3v) is 4.22. The van der Waals surface area contributed by atoms with E-state index in [1.165, 1.54) is 0 Å². The third kappa shape index (κ3) is 4.30. The first-order chi connectivity index (χ1) is 11.7. The van der Waals surface area contributed by atoms with Gasteiger partial charge in [-0.05, 0) is 27.1 Å². The zero-order valence-corrected chi connectivity index (χ0v) is 14.7. The summed E-state index contributed by atoms with van der Waals surface area (Å²) in [6.45, 7) is 0.933. The summed E-state index contributed by atoms with van der Waals surface area (Å²) in [7, 11) is 0. The third-order valence-electron chi connectivity index (χ3n) is 3.54. The zero-order valence-electron chi connectivity index (χ0n) is 13.1. The number of rotatable bonds is 6. The molecule has 0 bridgehead atoms. The fourth-order valence-electron chi connectivity index (χ4n) is 2.25. The molecule has 0 aliphatic rings. The van der Waals surface area contributed by atoms with Crippen LogP contribution < -0.4 is 15.2 Å². The molecule has 0 fully saturated rings. The highest BCUT2D eigenvalue weighted by molar-refractivity contribution is 9.10. The standard InChI is InChI=1S/C20H18BrNO2/c21-17-11-19(23-13-15-7-3-1-4-8-15)20(12-18(17)22)24-14-16-9-5-2-6-10-16/h1-12H,13-14,22H2. The summed E-state index contributed by atoms with van der Waals surface area (Å²) in [5.74, 6) is 1.30. The predicted octanol–water partition coefficient (Wildman–Crippen LogP) is 5.19. The maximum atomic E-state index is 5.98. The van der Waals surface area contributed by atoms with Gasteiger partial charge in [-0.3, -0.25) is 0 Å². The average Bonchev–Trinajstić information content (AvgIpc) is 2.63. The quantitative estimate of drug-likeness (QED) is 0.595. The molecule has 0 saturated heterocycles. The van der Waals surface area contributed by atoms with Crippen LogP contribution in [-0.2, 0) is 13.2 Å². The van der Waals surface area contributed by atoms with E-state index in [9.17, 15) is 0 Å². The van der Waals surface area contributed by atoms with E-state index in [2.05, 4.69) is 15.9 Å². The fourth-order valence-corrected chi connectivity index (χ4v) is 2.57. The van der Waals surface area contributed by atoms with Gasteiger partial charge in [-0.1, -0.05) is 60.7 Å².